The molecule has 2 unspecified atom stereocenters. The maximum absolute atomic E-state index is 13.6. The van der Waals surface area contributed by atoms with Crippen LogP contribution in [0.25, 0.3) is 10.8 Å². The number of nitrogens with zero attached hydrogens (tertiary/aromatic N) is 2. The van der Waals surface area contributed by atoms with E-state index in [1.54, 1.807) is 21.9 Å². The number of nitrogens with one attached hydrogen (secondary N) is 1. The average molecular weight is 555 g/mol. The summed E-state index contributed by atoms with van der Waals surface area (Å²) in [6.07, 6.45) is 1.93. The maximum atomic E-state index is 13.6. The highest BCUT2D eigenvalue weighted by molar-refractivity contribution is 6.42. The van der Waals surface area contributed by atoms with Crippen LogP contribution in [-0.2, 0) is 16.1 Å². The molecule has 38 heavy (non-hydrogen) atoms. The van der Waals surface area contributed by atoms with Crippen molar-refractivity contribution in [3.63, 3.8) is 0 Å². The summed E-state index contributed by atoms with van der Waals surface area (Å²) in [5.74, 6) is -0.368. The van der Waals surface area contributed by atoms with Gasteiger partial charge in [-0.2, -0.15) is 0 Å². The van der Waals surface area contributed by atoms with Crippen molar-refractivity contribution in [2.75, 3.05) is 11.4 Å². The van der Waals surface area contributed by atoms with Crippen LogP contribution >= 0.6 is 23.2 Å². The Morgan fingerprint density at radius 1 is 1.00 bits per heavy atom. The number of rotatable bonds is 11. The van der Waals surface area contributed by atoms with Gasteiger partial charge in [0.05, 0.1) is 15.7 Å². The van der Waals surface area contributed by atoms with Gasteiger partial charge in [0.2, 0.25) is 11.8 Å². The smallest absolute Gasteiger partial charge is 0.258 e. The van der Waals surface area contributed by atoms with Crippen molar-refractivity contribution in [1.82, 2.24) is 10.2 Å². The molecular formula is C30H33Cl2N3O3. The number of benzene rings is 3. The number of carbonyl (C=O) groups is 3. The monoisotopic (exact) mass is 553 g/mol. The van der Waals surface area contributed by atoms with Crippen molar-refractivity contribution in [3.05, 3.63) is 75.8 Å². The Morgan fingerprint density at radius 3 is 2.42 bits per heavy atom. The van der Waals surface area contributed by atoms with Crippen LogP contribution in [0.1, 0.15) is 62.4 Å². The summed E-state index contributed by atoms with van der Waals surface area (Å²) < 4.78 is 0. The minimum Gasteiger partial charge on any atom is -0.352 e. The summed E-state index contributed by atoms with van der Waals surface area (Å²) in [6.45, 7) is 6.49. The minimum atomic E-state index is -0.627. The fourth-order valence-electron chi connectivity index (χ4n) is 4.93. The molecule has 0 bridgehead atoms. The van der Waals surface area contributed by atoms with Crippen molar-refractivity contribution in [1.29, 1.82) is 0 Å². The predicted molar refractivity (Wildman–Crippen MR) is 154 cm³/mol. The van der Waals surface area contributed by atoms with Crippen LogP contribution in [-0.4, -0.2) is 41.2 Å². The van der Waals surface area contributed by atoms with Gasteiger partial charge in [-0.15, -0.1) is 0 Å². The SMILES string of the molecule is CCC(C)NC(=O)C(CC)N(Cc1ccc(Cl)c(Cl)c1)C(=O)CCCN1C(=O)c2cccc3cccc1c23. The predicted octanol–water partition coefficient (Wildman–Crippen LogP) is 6.61. The summed E-state index contributed by atoms with van der Waals surface area (Å²) in [7, 11) is 0. The van der Waals surface area contributed by atoms with Gasteiger partial charge in [0.25, 0.3) is 5.91 Å². The Bertz CT molecular complexity index is 1350. The third kappa shape index (κ3) is 5.82. The van der Waals surface area contributed by atoms with E-state index in [1.807, 2.05) is 63.2 Å². The van der Waals surface area contributed by atoms with Crippen molar-refractivity contribution >= 4 is 57.4 Å². The molecule has 2 atom stereocenters. The molecule has 6 nitrogen and oxygen atoms in total. The van der Waals surface area contributed by atoms with Crippen LogP contribution in [0.15, 0.2) is 54.6 Å². The zero-order valence-electron chi connectivity index (χ0n) is 22.0. The fraction of sp³-hybridized carbons (Fsp3) is 0.367. The number of hydrogen-bond acceptors (Lipinski definition) is 3. The Balaban J connectivity index is 1.50. The van der Waals surface area contributed by atoms with E-state index in [4.69, 9.17) is 23.2 Å². The molecule has 0 saturated carbocycles. The molecule has 3 aromatic carbocycles. The summed E-state index contributed by atoms with van der Waals surface area (Å²) in [6, 6.07) is 16.2. The molecule has 1 aliphatic rings. The standard InChI is InChI=1S/C30H33Cl2N3O3/c1-4-19(3)33-29(37)25(5-2)35(18-20-14-15-23(31)24(32)17-20)27(36)13-8-16-34-26-12-7-10-21-9-6-11-22(28(21)26)30(34)38/h6-7,9-12,14-15,17,19,25H,4-5,8,13,16,18H2,1-3H3,(H,33,37). The lowest BCUT2D eigenvalue weighted by atomic mass is 10.1. The molecule has 200 valence electrons. The van der Waals surface area contributed by atoms with Crippen LogP contribution < -0.4 is 10.2 Å². The van der Waals surface area contributed by atoms with Crippen LogP contribution in [0.4, 0.5) is 5.69 Å². The van der Waals surface area contributed by atoms with Gasteiger partial charge in [-0.1, -0.05) is 67.4 Å². The van der Waals surface area contributed by atoms with Gasteiger partial charge in [0.15, 0.2) is 0 Å². The number of halogens is 2. The molecule has 4 rings (SSSR count). The van der Waals surface area contributed by atoms with E-state index in [9.17, 15) is 14.4 Å². The first-order valence-electron chi connectivity index (χ1n) is 13.1. The Morgan fingerprint density at radius 2 is 1.74 bits per heavy atom. The fourth-order valence-corrected chi connectivity index (χ4v) is 5.25. The maximum Gasteiger partial charge on any atom is 0.258 e. The quantitative estimate of drug-likeness (QED) is 0.290. The van der Waals surface area contributed by atoms with E-state index in [2.05, 4.69) is 5.32 Å². The molecule has 1 heterocycles. The molecule has 1 aliphatic heterocycles. The van der Waals surface area contributed by atoms with Crippen molar-refractivity contribution in [3.8, 4) is 0 Å². The van der Waals surface area contributed by atoms with E-state index in [0.717, 1.165) is 28.4 Å². The molecule has 3 aromatic rings. The summed E-state index contributed by atoms with van der Waals surface area (Å²) in [5.41, 5.74) is 2.36. The zero-order chi connectivity index (χ0) is 27.4. The van der Waals surface area contributed by atoms with E-state index < -0.39 is 6.04 Å². The van der Waals surface area contributed by atoms with E-state index in [1.165, 1.54) is 0 Å². The number of carbonyl (C=O) groups excluding carboxylic acids is 3. The molecular weight excluding hydrogens is 521 g/mol. The van der Waals surface area contributed by atoms with E-state index in [0.29, 0.717) is 35.0 Å². The Kier molecular flexibility index (Phi) is 8.95. The summed E-state index contributed by atoms with van der Waals surface area (Å²) >= 11 is 12.3. The normalized spacial score (nSPS) is 14.0. The lowest BCUT2D eigenvalue weighted by molar-refractivity contribution is -0.141. The highest BCUT2D eigenvalue weighted by Gasteiger charge is 2.31. The van der Waals surface area contributed by atoms with Gasteiger partial charge in [-0.25, -0.2) is 0 Å². The Labute approximate surface area is 233 Å². The number of amides is 3. The molecule has 1 N–H and O–H groups in total. The molecule has 0 saturated heterocycles. The van der Waals surface area contributed by atoms with Gasteiger partial charge in [0.1, 0.15) is 6.04 Å². The minimum absolute atomic E-state index is 0.00370. The Hall–Kier alpha value is -3.09. The molecule has 8 heteroatoms. The van der Waals surface area contributed by atoms with Crippen molar-refractivity contribution in [2.24, 2.45) is 0 Å². The largest absolute Gasteiger partial charge is 0.352 e. The molecule has 0 aromatic heterocycles. The van der Waals surface area contributed by atoms with Crippen molar-refractivity contribution in [2.45, 2.75) is 65.1 Å². The summed E-state index contributed by atoms with van der Waals surface area (Å²) in [4.78, 5) is 43.3. The first kappa shape index (κ1) is 27.9. The van der Waals surface area contributed by atoms with Crippen LogP contribution in [0.5, 0.6) is 0 Å². The van der Waals surface area contributed by atoms with Gasteiger partial charge in [-0.3, -0.25) is 14.4 Å². The van der Waals surface area contributed by atoms with E-state index in [-0.39, 0.29) is 36.7 Å². The molecule has 0 fully saturated rings. The molecule has 3 amide bonds. The van der Waals surface area contributed by atoms with Crippen molar-refractivity contribution < 1.29 is 14.4 Å². The van der Waals surface area contributed by atoms with Gasteiger partial charge in [0, 0.05) is 36.5 Å². The van der Waals surface area contributed by atoms with Gasteiger partial charge in [-0.05, 0) is 61.4 Å². The highest BCUT2D eigenvalue weighted by atomic mass is 35.5. The van der Waals surface area contributed by atoms with Gasteiger partial charge < -0.3 is 15.1 Å². The number of anilines is 1. The third-order valence-electron chi connectivity index (χ3n) is 7.15. The summed E-state index contributed by atoms with van der Waals surface area (Å²) in [5, 5.41) is 5.83. The third-order valence-corrected chi connectivity index (χ3v) is 7.88. The first-order chi connectivity index (χ1) is 18.2. The average Bonchev–Trinajstić information content (AvgIpc) is 3.18. The second kappa shape index (κ2) is 12.2. The second-order valence-electron chi connectivity index (χ2n) is 9.75. The van der Waals surface area contributed by atoms with Gasteiger partial charge >= 0.3 is 0 Å². The molecule has 0 aliphatic carbocycles. The van der Waals surface area contributed by atoms with Crippen LogP contribution in [0, 0.1) is 0 Å². The van der Waals surface area contributed by atoms with Crippen LogP contribution in [0.2, 0.25) is 10.0 Å². The second-order valence-corrected chi connectivity index (χ2v) is 10.6. The number of hydrogen-bond donors (Lipinski definition) is 1. The lowest BCUT2D eigenvalue weighted by Gasteiger charge is -2.32. The zero-order valence-corrected chi connectivity index (χ0v) is 23.5. The first-order valence-corrected chi connectivity index (χ1v) is 13.9. The molecule has 0 spiro atoms. The topological polar surface area (TPSA) is 69.7 Å². The molecule has 0 radical (unpaired) electrons. The van der Waals surface area contributed by atoms with Crippen LogP contribution in [0.3, 0.4) is 0 Å². The lowest BCUT2D eigenvalue weighted by Crippen LogP contribution is -2.50. The van der Waals surface area contributed by atoms with E-state index >= 15 is 0 Å². The highest BCUT2D eigenvalue weighted by Crippen LogP contribution is 2.37.